The van der Waals surface area contributed by atoms with E-state index in [9.17, 15) is 4.39 Å². The first-order valence-corrected chi connectivity index (χ1v) is 12.5. The summed E-state index contributed by atoms with van der Waals surface area (Å²) in [6.45, 7) is 2.14. The quantitative estimate of drug-likeness (QED) is 0.431. The van der Waals surface area contributed by atoms with Crippen LogP contribution in [-0.2, 0) is 6.42 Å². The molecule has 0 bridgehead atoms. The predicted molar refractivity (Wildman–Crippen MR) is 127 cm³/mol. The third-order valence-electron chi connectivity index (χ3n) is 8.18. The molecule has 0 aliphatic heterocycles. The average molecular weight is 407 g/mol. The molecule has 2 aromatic carbocycles. The largest absolute Gasteiger partial charge is 0.251 e. The highest BCUT2D eigenvalue weighted by molar-refractivity contribution is 5.64. The van der Waals surface area contributed by atoms with Crippen molar-refractivity contribution in [2.75, 3.05) is 6.67 Å². The molecular weight excluding hydrogens is 367 g/mol. The summed E-state index contributed by atoms with van der Waals surface area (Å²) < 4.78 is 12.4. The lowest BCUT2D eigenvalue weighted by atomic mass is 9.68. The van der Waals surface area contributed by atoms with Gasteiger partial charge in [0.05, 0.1) is 6.67 Å². The summed E-state index contributed by atoms with van der Waals surface area (Å²) >= 11 is 0. The number of rotatable bonds is 7. The molecule has 0 saturated heterocycles. The van der Waals surface area contributed by atoms with Gasteiger partial charge in [-0.25, -0.2) is 0 Å². The van der Waals surface area contributed by atoms with Gasteiger partial charge in [0.1, 0.15) is 0 Å². The summed E-state index contributed by atoms with van der Waals surface area (Å²) in [4.78, 5) is 0. The van der Waals surface area contributed by atoms with E-state index >= 15 is 0 Å². The highest BCUT2D eigenvalue weighted by Gasteiger charge is 2.30. The lowest BCUT2D eigenvalue weighted by molar-refractivity contribution is 0.158. The van der Waals surface area contributed by atoms with Crippen molar-refractivity contribution >= 4 is 0 Å². The molecule has 162 valence electrons. The maximum Gasteiger partial charge on any atom is 0.0897 e. The van der Waals surface area contributed by atoms with Crippen LogP contribution in [0.15, 0.2) is 48.5 Å². The third kappa shape index (κ3) is 5.34. The standard InChI is InChI=1S/C29H39F/c1-2-22-5-9-24(10-6-22)26-13-17-28(18-14-26)29-19-15-27(16-20-29)25-11-7-23(8-12-25)4-3-21-30/h7-8,11-12,15-16,19-20,22,24,26,28H,2-6,9-10,13-14,17-18,21H2,1H3/t22-,24-,26-,28-. The van der Waals surface area contributed by atoms with Crippen LogP contribution < -0.4 is 0 Å². The molecule has 2 aliphatic carbocycles. The Labute approximate surface area is 183 Å². The predicted octanol–water partition coefficient (Wildman–Crippen LogP) is 8.75. The molecule has 0 radical (unpaired) electrons. The molecule has 0 N–H and O–H groups in total. The van der Waals surface area contributed by atoms with Gasteiger partial charge in [-0.1, -0.05) is 74.7 Å². The second kappa shape index (κ2) is 10.6. The maximum atomic E-state index is 12.4. The first-order chi connectivity index (χ1) is 14.8. The Bertz CT molecular complexity index is 744. The van der Waals surface area contributed by atoms with Crippen molar-refractivity contribution in [1.29, 1.82) is 0 Å². The van der Waals surface area contributed by atoms with E-state index in [1.165, 1.54) is 80.0 Å². The Morgan fingerprint density at radius 2 is 1.23 bits per heavy atom. The minimum absolute atomic E-state index is 0.231. The van der Waals surface area contributed by atoms with Crippen LogP contribution in [0.25, 0.3) is 11.1 Å². The smallest absolute Gasteiger partial charge is 0.0897 e. The highest BCUT2D eigenvalue weighted by Crippen LogP contribution is 2.44. The Morgan fingerprint density at radius 1 is 0.700 bits per heavy atom. The molecule has 0 atom stereocenters. The molecule has 1 heteroatoms. The van der Waals surface area contributed by atoms with Crippen molar-refractivity contribution in [1.82, 2.24) is 0 Å². The zero-order chi connectivity index (χ0) is 20.8. The summed E-state index contributed by atoms with van der Waals surface area (Å²) in [6.07, 6.45) is 14.4. The van der Waals surface area contributed by atoms with Crippen molar-refractivity contribution in [3.63, 3.8) is 0 Å². The van der Waals surface area contributed by atoms with Crippen molar-refractivity contribution in [3.8, 4) is 11.1 Å². The fourth-order valence-electron chi connectivity index (χ4n) is 6.07. The minimum Gasteiger partial charge on any atom is -0.251 e. The second-order valence-electron chi connectivity index (χ2n) is 9.91. The molecule has 4 rings (SSSR count). The van der Waals surface area contributed by atoms with Gasteiger partial charge in [0.25, 0.3) is 0 Å². The van der Waals surface area contributed by atoms with Gasteiger partial charge < -0.3 is 0 Å². The van der Waals surface area contributed by atoms with Gasteiger partial charge in [0.2, 0.25) is 0 Å². The average Bonchev–Trinajstić information content (AvgIpc) is 2.83. The number of halogens is 1. The Kier molecular flexibility index (Phi) is 7.63. The number of hydrogen-bond donors (Lipinski definition) is 0. The van der Waals surface area contributed by atoms with Crippen LogP contribution in [0, 0.1) is 17.8 Å². The van der Waals surface area contributed by atoms with E-state index in [-0.39, 0.29) is 6.67 Å². The van der Waals surface area contributed by atoms with Gasteiger partial charge in [-0.3, -0.25) is 4.39 Å². The summed E-state index contributed by atoms with van der Waals surface area (Å²) in [5.74, 6) is 3.78. The summed E-state index contributed by atoms with van der Waals surface area (Å²) in [7, 11) is 0. The lowest BCUT2D eigenvalue weighted by Gasteiger charge is -2.38. The van der Waals surface area contributed by atoms with Crippen LogP contribution in [0.1, 0.15) is 88.2 Å². The molecule has 2 aliphatic rings. The van der Waals surface area contributed by atoms with E-state index in [1.807, 2.05) is 0 Å². The molecule has 0 unspecified atom stereocenters. The Balaban J connectivity index is 1.30. The van der Waals surface area contributed by atoms with E-state index in [0.717, 1.165) is 30.1 Å². The van der Waals surface area contributed by atoms with Gasteiger partial charge in [0.15, 0.2) is 0 Å². The topological polar surface area (TPSA) is 0 Å². The fraction of sp³-hybridized carbons (Fsp3) is 0.586. The number of hydrogen-bond acceptors (Lipinski definition) is 0. The molecule has 30 heavy (non-hydrogen) atoms. The van der Waals surface area contributed by atoms with Gasteiger partial charge in [0, 0.05) is 0 Å². The van der Waals surface area contributed by atoms with Gasteiger partial charge in [-0.15, -0.1) is 0 Å². The first kappa shape index (κ1) is 21.6. The zero-order valence-corrected chi connectivity index (χ0v) is 18.8. The molecule has 0 nitrogen and oxygen atoms in total. The van der Waals surface area contributed by atoms with Crippen molar-refractivity contribution in [2.24, 2.45) is 17.8 Å². The Hall–Kier alpha value is -1.63. The number of alkyl halides is 1. The molecule has 0 aromatic heterocycles. The number of aryl methyl sites for hydroxylation is 1. The molecule has 0 heterocycles. The molecule has 0 spiro atoms. The molecule has 2 fully saturated rings. The van der Waals surface area contributed by atoms with E-state index in [1.54, 1.807) is 0 Å². The van der Waals surface area contributed by atoms with Crippen LogP contribution >= 0.6 is 0 Å². The fourth-order valence-corrected chi connectivity index (χ4v) is 6.07. The summed E-state index contributed by atoms with van der Waals surface area (Å²) in [6, 6.07) is 18.0. The third-order valence-corrected chi connectivity index (χ3v) is 8.18. The van der Waals surface area contributed by atoms with Gasteiger partial charge in [-0.05, 0) is 97.3 Å². The summed E-state index contributed by atoms with van der Waals surface area (Å²) in [5.41, 5.74) is 5.31. The van der Waals surface area contributed by atoms with Crippen LogP contribution in [0.3, 0.4) is 0 Å². The van der Waals surface area contributed by atoms with Crippen LogP contribution in [0.2, 0.25) is 0 Å². The van der Waals surface area contributed by atoms with Crippen molar-refractivity contribution in [2.45, 2.75) is 83.5 Å². The molecule has 2 saturated carbocycles. The SMILES string of the molecule is CC[C@H]1CC[C@H]([C@H]2CC[C@H](c3ccc(-c4ccc(CCCF)cc4)cc3)CC2)CC1. The maximum absolute atomic E-state index is 12.4. The van der Waals surface area contributed by atoms with Crippen molar-refractivity contribution in [3.05, 3.63) is 59.7 Å². The van der Waals surface area contributed by atoms with Crippen LogP contribution in [0.5, 0.6) is 0 Å². The van der Waals surface area contributed by atoms with Crippen LogP contribution in [0.4, 0.5) is 4.39 Å². The second-order valence-corrected chi connectivity index (χ2v) is 9.91. The van der Waals surface area contributed by atoms with E-state index in [2.05, 4.69) is 55.5 Å². The van der Waals surface area contributed by atoms with E-state index in [0.29, 0.717) is 6.42 Å². The van der Waals surface area contributed by atoms with E-state index in [4.69, 9.17) is 0 Å². The minimum atomic E-state index is -0.231. The molecule has 2 aromatic rings. The van der Waals surface area contributed by atoms with Crippen molar-refractivity contribution < 1.29 is 4.39 Å². The van der Waals surface area contributed by atoms with Crippen LogP contribution in [-0.4, -0.2) is 6.67 Å². The number of benzene rings is 2. The van der Waals surface area contributed by atoms with Gasteiger partial charge >= 0.3 is 0 Å². The monoisotopic (exact) mass is 406 g/mol. The molecular formula is C29H39F. The van der Waals surface area contributed by atoms with Gasteiger partial charge in [-0.2, -0.15) is 0 Å². The van der Waals surface area contributed by atoms with E-state index < -0.39 is 0 Å². The summed E-state index contributed by atoms with van der Waals surface area (Å²) in [5, 5.41) is 0. The molecule has 0 amide bonds. The normalized spacial score (nSPS) is 27.1. The first-order valence-electron chi connectivity index (χ1n) is 12.5. The Morgan fingerprint density at radius 3 is 1.77 bits per heavy atom. The highest BCUT2D eigenvalue weighted by atomic mass is 19.1. The zero-order valence-electron chi connectivity index (χ0n) is 18.8. The lowest BCUT2D eigenvalue weighted by Crippen LogP contribution is -2.25.